The fourth-order valence-electron chi connectivity index (χ4n) is 3.30. The first-order valence-electron chi connectivity index (χ1n) is 6.83. The molecule has 6 heteroatoms. The predicted octanol–water partition coefficient (Wildman–Crippen LogP) is 0.0921. The summed E-state index contributed by atoms with van der Waals surface area (Å²) in [6, 6.07) is -0.0896. The first-order chi connectivity index (χ1) is 8.90. The minimum atomic E-state index is -0.543. The molecule has 0 aliphatic carbocycles. The molecule has 0 aromatic heterocycles. The Hall–Kier alpha value is -0.690. The number of esters is 1. The number of aliphatic hydroxyl groups excluding tert-OH is 1. The van der Waals surface area contributed by atoms with E-state index >= 15 is 0 Å². The first kappa shape index (κ1) is 13.3. The molecular formula is C13H21NO5. The third kappa shape index (κ3) is 2.16. The van der Waals surface area contributed by atoms with E-state index in [0.717, 1.165) is 13.0 Å². The molecule has 3 aliphatic heterocycles. The maximum absolute atomic E-state index is 12.0. The van der Waals surface area contributed by atoms with Crippen LogP contribution in [0.2, 0.25) is 0 Å². The van der Waals surface area contributed by atoms with E-state index in [2.05, 4.69) is 0 Å². The van der Waals surface area contributed by atoms with Gasteiger partial charge in [0.25, 0.3) is 0 Å². The minimum absolute atomic E-state index is 0.0278. The van der Waals surface area contributed by atoms with Crippen LogP contribution in [0.3, 0.4) is 0 Å². The van der Waals surface area contributed by atoms with Crippen LogP contribution in [0.4, 0.5) is 0 Å². The molecule has 3 aliphatic rings. The number of nitrogens with zero attached hydrogens (tertiary/aromatic N) is 1. The van der Waals surface area contributed by atoms with E-state index in [1.54, 1.807) is 0 Å². The first-order valence-corrected chi connectivity index (χ1v) is 6.83. The third-order valence-corrected chi connectivity index (χ3v) is 3.92. The van der Waals surface area contributed by atoms with Crippen LogP contribution >= 0.6 is 0 Å². The summed E-state index contributed by atoms with van der Waals surface area (Å²) in [4.78, 5) is 17.8. The number of carbonyl (C=O) groups is 1. The average molecular weight is 271 g/mol. The van der Waals surface area contributed by atoms with Gasteiger partial charge in [-0.05, 0) is 27.2 Å². The van der Waals surface area contributed by atoms with Crippen molar-refractivity contribution in [1.82, 2.24) is 5.06 Å². The molecule has 0 aromatic carbocycles. The zero-order valence-corrected chi connectivity index (χ0v) is 11.5. The summed E-state index contributed by atoms with van der Waals surface area (Å²) in [6.45, 7) is 6.58. The van der Waals surface area contributed by atoms with Crippen LogP contribution < -0.4 is 0 Å². The van der Waals surface area contributed by atoms with E-state index < -0.39 is 6.10 Å². The Kier molecular flexibility index (Phi) is 3.09. The Morgan fingerprint density at radius 1 is 1.47 bits per heavy atom. The fraction of sp³-hybridized carbons (Fsp3) is 0.923. The molecule has 0 unspecified atom stereocenters. The quantitative estimate of drug-likeness (QED) is 0.718. The number of fused-ring (bicyclic) bond motifs is 3. The Morgan fingerprint density at radius 3 is 2.84 bits per heavy atom. The fourth-order valence-corrected chi connectivity index (χ4v) is 3.30. The van der Waals surface area contributed by atoms with Crippen molar-refractivity contribution in [3.8, 4) is 0 Å². The lowest BCUT2D eigenvalue weighted by Crippen LogP contribution is -2.41. The second-order valence-corrected chi connectivity index (χ2v) is 6.44. The van der Waals surface area contributed by atoms with Gasteiger partial charge in [0.15, 0.2) is 6.10 Å². The van der Waals surface area contributed by atoms with Gasteiger partial charge in [-0.15, -0.1) is 0 Å². The molecule has 108 valence electrons. The van der Waals surface area contributed by atoms with Crippen molar-refractivity contribution in [1.29, 1.82) is 0 Å². The van der Waals surface area contributed by atoms with E-state index in [1.165, 1.54) is 0 Å². The molecule has 3 rings (SSSR count). The van der Waals surface area contributed by atoms with Gasteiger partial charge in [-0.25, -0.2) is 0 Å². The van der Waals surface area contributed by atoms with E-state index in [1.807, 2.05) is 25.8 Å². The highest BCUT2D eigenvalue weighted by Crippen LogP contribution is 2.43. The number of rotatable bonds is 2. The molecular weight excluding hydrogens is 250 g/mol. The molecule has 0 bridgehead atoms. The van der Waals surface area contributed by atoms with Crippen molar-refractivity contribution in [2.75, 3.05) is 13.2 Å². The maximum Gasteiger partial charge on any atom is 0.314 e. The average Bonchev–Trinajstić information content (AvgIpc) is 2.90. The lowest BCUT2D eigenvalue weighted by Gasteiger charge is -2.29. The van der Waals surface area contributed by atoms with Crippen molar-refractivity contribution in [3.05, 3.63) is 0 Å². The van der Waals surface area contributed by atoms with Crippen molar-refractivity contribution >= 4 is 5.97 Å². The van der Waals surface area contributed by atoms with Gasteiger partial charge in [0.05, 0.1) is 24.4 Å². The number of hydrogen-bond acceptors (Lipinski definition) is 6. The highest BCUT2D eigenvalue weighted by Gasteiger charge is 2.61. The summed E-state index contributed by atoms with van der Waals surface area (Å²) in [5.74, 6) is -0.618. The summed E-state index contributed by atoms with van der Waals surface area (Å²) >= 11 is 0. The largest absolute Gasteiger partial charge is 0.457 e. The van der Waals surface area contributed by atoms with Gasteiger partial charge >= 0.3 is 5.97 Å². The number of carbonyl (C=O) groups excluding carboxylic acids is 1. The standard InChI is InChI=1S/C13H21NO5/c1-13(2,3)18-7-4-5-14-10(7)9-11(19-14)8(6-15)17-12(9)16/h7-11,15H,4-6H2,1-3H3/t7-,8-,9-,10-,11-/m1/s1. The molecule has 0 radical (unpaired) electrons. The minimum Gasteiger partial charge on any atom is -0.457 e. The van der Waals surface area contributed by atoms with Crippen LogP contribution in [0.5, 0.6) is 0 Å². The molecule has 1 N–H and O–H groups in total. The maximum atomic E-state index is 12.0. The molecule has 0 amide bonds. The molecule has 0 aromatic rings. The van der Waals surface area contributed by atoms with Crippen molar-refractivity contribution in [2.45, 2.75) is 57.1 Å². The molecule has 0 saturated carbocycles. The van der Waals surface area contributed by atoms with Crippen LogP contribution in [0.1, 0.15) is 27.2 Å². The Morgan fingerprint density at radius 2 is 2.21 bits per heavy atom. The van der Waals surface area contributed by atoms with Gasteiger partial charge in [-0.2, -0.15) is 5.06 Å². The molecule has 5 atom stereocenters. The van der Waals surface area contributed by atoms with Crippen LogP contribution in [0.25, 0.3) is 0 Å². The van der Waals surface area contributed by atoms with Crippen LogP contribution in [0.15, 0.2) is 0 Å². The zero-order chi connectivity index (χ0) is 13.8. The summed E-state index contributed by atoms with van der Waals surface area (Å²) in [7, 11) is 0. The molecule has 3 fully saturated rings. The highest BCUT2D eigenvalue weighted by atomic mass is 16.7. The second kappa shape index (κ2) is 4.41. The summed E-state index contributed by atoms with van der Waals surface area (Å²) < 4.78 is 11.2. The SMILES string of the molecule is CC(C)(C)O[C@@H]1CCN2O[C@H]3[C@H](C(=O)O[C@@H]3CO)[C@@H]12. The van der Waals surface area contributed by atoms with Crippen molar-refractivity contribution in [2.24, 2.45) is 5.92 Å². The summed E-state index contributed by atoms with van der Waals surface area (Å²) in [5, 5.41) is 11.1. The monoisotopic (exact) mass is 271 g/mol. The molecule has 6 nitrogen and oxygen atoms in total. The molecule has 19 heavy (non-hydrogen) atoms. The normalized spacial score (nSPS) is 42.3. The van der Waals surface area contributed by atoms with E-state index in [-0.39, 0.29) is 42.3 Å². The van der Waals surface area contributed by atoms with Crippen LogP contribution in [-0.4, -0.2) is 59.2 Å². The Labute approximate surface area is 112 Å². The lowest BCUT2D eigenvalue weighted by molar-refractivity contribution is -0.188. The number of hydroxylamine groups is 2. The molecule has 3 heterocycles. The number of ether oxygens (including phenoxy) is 2. The predicted molar refractivity (Wildman–Crippen MR) is 65.1 cm³/mol. The van der Waals surface area contributed by atoms with Crippen LogP contribution in [0, 0.1) is 5.92 Å². The van der Waals surface area contributed by atoms with Crippen molar-refractivity contribution in [3.63, 3.8) is 0 Å². The number of aliphatic hydroxyl groups is 1. The van der Waals surface area contributed by atoms with Gasteiger partial charge in [-0.1, -0.05) is 0 Å². The highest BCUT2D eigenvalue weighted by molar-refractivity contribution is 5.77. The Balaban J connectivity index is 1.79. The van der Waals surface area contributed by atoms with Crippen molar-refractivity contribution < 1.29 is 24.2 Å². The lowest BCUT2D eigenvalue weighted by atomic mass is 9.91. The van der Waals surface area contributed by atoms with E-state index in [0.29, 0.717) is 0 Å². The van der Waals surface area contributed by atoms with Gasteiger partial charge in [-0.3, -0.25) is 9.63 Å². The topological polar surface area (TPSA) is 68.2 Å². The van der Waals surface area contributed by atoms with Crippen LogP contribution in [-0.2, 0) is 19.1 Å². The van der Waals surface area contributed by atoms with Gasteiger partial charge in [0.2, 0.25) is 0 Å². The smallest absolute Gasteiger partial charge is 0.314 e. The summed E-state index contributed by atoms with van der Waals surface area (Å²) in [5.41, 5.74) is -0.252. The van der Waals surface area contributed by atoms with E-state index in [4.69, 9.17) is 14.3 Å². The number of cyclic esters (lactones) is 1. The number of hydrogen-bond donors (Lipinski definition) is 1. The molecule has 3 saturated heterocycles. The Bertz CT molecular complexity index is 380. The van der Waals surface area contributed by atoms with Gasteiger partial charge in [0, 0.05) is 6.54 Å². The van der Waals surface area contributed by atoms with Gasteiger partial charge < -0.3 is 14.6 Å². The van der Waals surface area contributed by atoms with E-state index in [9.17, 15) is 9.90 Å². The van der Waals surface area contributed by atoms with Gasteiger partial charge in [0.1, 0.15) is 12.0 Å². The molecule has 0 spiro atoms. The summed E-state index contributed by atoms with van der Waals surface area (Å²) in [6.07, 6.45) is -0.0883. The second-order valence-electron chi connectivity index (χ2n) is 6.44. The zero-order valence-electron chi connectivity index (χ0n) is 11.5. The third-order valence-electron chi connectivity index (χ3n) is 3.92.